The number of rotatable bonds is 8. The molecule has 0 saturated heterocycles. The third-order valence-corrected chi connectivity index (χ3v) is 6.68. The number of benzene rings is 3. The summed E-state index contributed by atoms with van der Waals surface area (Å²) in [5.74, 6) is 1.75. The van der Waals surface area contributed by atoms with Gasteiger partial charge in [-0.05, 0) is 53.9 Å². The normalized spacial score (nSPS) is 14.5. The molecule has 1 aliphatic heterocycles. The number of hydrogen-bond donors (Lipinski definition) is 0. The number of methoxy groups -OCH3 is 4. The van der Waals surface area contributed by atoms with Crippen molar-refractivity contribution in [3.8, 4) is 23.0 Å². The zero-order valence-corrected chi connectivity index (χ0v) is 21.1. The fraction of sp³-hybridized carbons (Fsp3) is 0.241. The Labute approximate surface area is 213 Å². The summed E-state index contributed by atoms with van der Waals surface area (Å²) in [7, 11) is 6.19. The van der Waals surface area contributed by atoms with Crippen LogP contribution in [0.5, 0.6) is 23.0 Å². The molecule has 0 bridgehead atoms. The molecule has 0 saturated carbocycles. The highest BCUT2D eigenvalue weighted by atomic mass is 16.5. The summed E-state index contributed by atoms with van der Waals surface area (Å²) < 4.78 is 27.9. The Morgan fingerprint density at radius 3 is 2.14 bits per heavy atom. The SMILES string of the molecule is COc1ccc(CCN2C(=O)c3oc4ccccc4c(=O)c3C2c2cc(OC)c(OC)c(OC)c2)cc1. The van der Waals surface area contributed by atoms with Crippen LogP contribution in [0.15, 0.2) is 69.9 Å². The summed E-state index contributed by atoms with van der Waals surface area (Å²) in [6, 6.07) is 17.5. The van der Waals surface area contributed by atoms with Gasteiger partial charge in [0.05, 0.1) is 45.4 Å². The van der Waals surface area contributed by atoms with E-state index in [0.717, 1.165) is 11.3 Å². The fourth-order valence-corrected chi connectivity index (χ4v) is 4.85. The number of amides is 1. The van der Waals surface area contributed by atoms with Crippen molar-refractivity contribution in [3.05, 3.63) is 93.3 Å². The minimum absolute atomic E-state index is 0.0529. The Kier molecular flexibility index (Phi) is 6.48. The van der Waals surface area contributed by atoms with Gasteiger partial charge in [-0.25, -0.2) is 0 Å². The van der Waals surface area contributed by atoms with E-state index in [0.29, 0.717) is 52.3 Å². The molecule has 1 unspecified atom stereocenters. The van der Waals surface area contributed by atoms with Crippen LogP contribution in [0.3, 0.4) is 0 Å². The van der Waals surface area contributed by atoms with Crippen LogP contribution < -0.4 is 24.4 Å². The predicted molar refractivity (Wildman–Crippen MR) is 138 cm³/mol. The van der Waals surface area contributed by atoms with Gasteiger partial charge in [-0.2, -0.15) is 0 Å². The van der Waals surface area contributed by atoms with E-state index in [-0.39, 0.29) is 17.1 Å². The Morgan fingerprint density at radius 2 is 1.51 bits per heavy atom. The van der Waals surface area contributed by atoms with E-state index >= 15 is 0 Å². The summed E-state index contributed by atoms with van der Waals surface area (Å²) in [5, 5.41) is 0.420. The third-order valence-electron chi connectivity index (χ3n) is 6.68. The highest BCUT2D eigenvalue weighted by Gasteiger charge is 2.43. The molecular formula is C29H27NO7. The van der Waals surface area contributed by atoms with Crippen molar-refractivity contribution in [1.82, 2.24) is 4.90 Å². The van der Waals surface area contributed by atoms with Crippen LogP contribution in [-0.4, -0.2) is 45.8 Å². The van der Waals surface area contributed by atoms with Gasteiger partial charge in [-0.3, -0.25) is 9.59 Å². The van der Waals surface area contributed by atoms with Crippen LogP contribution in [-0.2, 0) is 6.42 Å². The summed E-state index contributed by atoms with van der Waals surface area (Å²) in [6.07, 6.45) is 0.568. The van der Waals surface area contributed by atoms with Crippen LogP contribution in [0.4, 0.5) is 0 Å². The van der Waals surface area contributed by atoms with Gasteiger partial charge in [0.15, 0.2) is 16.9 Å². The number of hydrogen-bond acceptors (Lipinski definition) is 7. The highest BCUT2D eigenvalue weighted by molar-refractivity contribution is 5.99. The Hall–Kier alpha value is -4.46. The highest BCUT2D eigenvalue weighted by Crippen LogP contribution is 2.45. The second-order valence-corrected chi connectivity index (χ2v) is 8.63. The van der Waals surface area contributed by atoms with Crippen LogP contribution in [0.1, 0.15) is 33.3 Å². The second kappa shape index (κ2) is 9.89. The van der Waals surface area contributed by atoms with E-state index < -0.39 is 6.04 Å². The van der Waals surface area contributed by atoms with Crippen molar-refractivity contribution in [2.75, 3.05) is 35.0 Å². The number of carbonyl (C=O) groups excluding carboxylic acids is 1. The van der Waals surface area contributed by atoms with Gasteiger partial charge in [0.25, 0.3) is 5.91 Å². The largest absolute Gasteiger partial charge is 0.497 e. The van der Waals surface area contributed by atoms with Crippen LogP contribution in [0, 0.1) is 0 Å². The molecule has 1 aliphatic rings. The summed E-state index contributed by atoms with van der Waals surface area (Å²) >= 11 is 0. The van der Waals surface area contributed by atoms with Crippen molar-refractivity contribution in [1.29, 1.82) is 0 Å². The number of nitrogens with zero attached hydrogens (tertiary/aromatic N) is 1. The molecule has 8 heteroatoms. The minimum Gasteiger partial charge on any atom is -0.497 e. The van der Waals surface area contributed by atoms with Crippen LogP contribution in [0.25, 0.3) is 11.0 Å². The third kappa shape index (κ3) is 4.14. The van der Waals surface area contributed by atoms with Crippen molar-refractivity contribution in [2.24, 2.45) is 0 Å². The molecule has 2 heterocycles. The first-order valence-corrected chi connectivity index (χ1v) is 11.8. The van der Waals surface area contributed by atoms with Crippen molar-refractivity contribution in [3.63, 3.8) is 0 Å². The molecule has 0 aliphatic carbocycles. The van der Waals surface area contributed by atoms with Gasteiger partial charge in [-0.1, -0.05) is 24.3 Å². The van der Waals surface area contributed by atoms with E-state index in [1.54, 1.807) is 48.4 Å². The van der Waals surface area contributed by atoms with Crippen LogP contribution >= 0.6 is 0 Å². The zero-order valence-electron chi connectivity index (χ0n) is 21.1. The first-order valence-electron chi connectivity index (χ1n) is 11.8. The first kappa shape index (κ1) is 24.2. The quantitative estimate of drug-likeness (QED) is 0.348. The summed E-state index contributed by atoms with van der Waals surface area (Å²) in [4.78, 5) is 29.1. The maximum absolute atomic E-state index is 13.7. The lowest BCUT2D eigenvalue weighted by molar-refractivity contribution is 0.0729. The van der Waals surface area contributed by atoms with Crippen molar-refractivity contribution in [2.45, 2.75) is 12.5 Å². The van der Waals surface area contributed by atoms with Gasteiger partial charge in [0.2, 0.25) is 11.5 Å². The molecule has 1 aromatic heterocycles. The molecule has 0 spiro atoms. The number of fused-ring (bicyclic) bond motifs is 2. The second-order valence-electron chi connectivity index (χ2n) is 8.63. The van der Waals surface area contributed by atoms with Gasteiger partial charge in [0.1, 0.15) is 11.3 Å². The smallest absolute Gasteiger partial charge is 0.290 e. The lowest BCUT2D eigenvalue weighted by atomic mass is 9.97. The van der Waals surface area contributed by atoms with E-state index in [2.05, 4.69) is 0 Å². The predicted octanol–water partition coefficient (Wildman–Crippen LogP) is 4.62. The lowest BCUT2D eigenvalue weighted by Crippen LogP contribution is -2.31. The molecule has 0 fully saturated rings. The zero-order chi connectivity index (χ0) is 26.1. The lowest BCUT2D eigenvalue weighted by Gasteiger charge is -2.26. The summed E-state index contributed by atoms with van der Waals surface area (Å²) in [6.45, 7) is 0.354. The van der Waals surface area contributed by atoms with Gasteiger partial charge in [-0.15, -0.1) is 0 Å². The molecule has 37 heavy (non-hydrogen) atoms. The number of ether oxygens (including phenoxy) is 4. The standard InChI is InChI=1S/C29H27NO7/c1-33-19-11-9-17(10-12-19)13-14-30-25(18-15-22(34-2)27(36-4)23(16-18)35-3)24-26(31)20-7-5-6-8-21(20)37-28(24)29(30)32/h5-12,15-16,25H,13-14H2,1-4H3. The molecular weight excluding hydrogens is 474 g/mol. The van der Waals surface area contributed by atoms with Crippen LogP contribution in [0.2, 0.25) is 0 Å². The topological polar surface area (TPSA) is 87.4 Å². The van der Waals surface area contributed by atoms with E-state index in [9.17, 15) is 9.59 Å². The minimum atomic E-state index is -0.699. The summed E-state index contributed by atoms with van der Waals surface area (Å²) in [5.41, 5.74) is 2.11. The molecule has 4 aromatic rings. The van der Waals surface area contributed by atoms with E-state index in [4.69, 9.17) is 23.4 Å². The Bertz CT molecular complexity index is 1500. The molecule has 1 amide bonds. The number of para-hydroxylation sites is 1. The number of carbonyl (C=O) groups is 1. The molecule has 5 rings (SSSR count). The van der Waals surface area contributed by atoms with Crippen molar-refractivity contribution >= 4 is 16.9 Å². The monoisotopic (exact) mass is 501 g/mol. The first-order chi connectivity index (χ1) is 18.0. The molecule has 0 N–H and O–H groups in total. The van der Waals surface area contributed by atoms with E-state index in [1.165, 1.54) is 21.3 Å². The van der Waals surface area contributed by atoms with Crippen molar-refractivity contribution < 1.29 is 28.2 Å². The average Bonchev–Trinajstić information content (AvgIpc) is 3.22. The average molecular weight is 502 g/mol. The molecule has 0 radical (unpaired) electrons. The van der Waals surface area contributed by atoms with Gasteiger partial charge < -0.3 is 28.3 Å². The molecule has 1 atom stereocenters. The molecule has 3 aromatic carbocycles. The van der Waals surface area contributed by atoms with E-state index in [1.807, 2.05) is 24.3 Å². The maximum Gasteiger partial charge on any atom is 0.290 e. The Balaban J connectivity index is 1.65. The maximum atomic E-state index is 13.7. The molecule has 190 valence electrons. The van der Waals surface area contributed by atoms with Gasteiger partial charge in [0, 0.05) is 6.54 Å². The van der Waals surface area contributed by atoms with Gasteiger partial charge >= 0.3 is 0 Å². The fourth-order valence-electron chi connectivity index (χ4n) is 4.85. The Morgan fingerprint density at radius 1 is 0.838 bits per heavy atom. The molecule has 8 nitrogen and oxygen atoms in total.